The Bertz CT molecular complexity index is 2260. The normalized spacial score (nSPS) is 11.4. The summed E-state index contributed by atoms with van der Waals surface area (Å²) in [7, 11) is 0. The van der Waals surface area contributed by atoms with E-state index in [1.807, 2.05) is 78.9 Å². The Morgan fingerprint density at radius 3 is 2.11 bits per heavy atom. The van der Waals surface area contributed by atoms with E-state index in [0.717, 1.165) is 55.8 Å². The summed E-state index contributed by atoms with van der Waals surface area (Å²) < 4.78 is 2.12. The molecule has 2 aromatic heterocycles. The van der Waals surface area contributed by atoms with E-state index in [2.05, 4.69) is 78.9 Å². The monoisotopic (exact) mass is 596 g/mol. The number of aromatic hydroxyl groups is 1. The summed E-state index contributed by atoms with van der Waals surface area (Å²) in [6, 6.07) is 44.6. The van der Waals surface area contributed by atoms with Gasteiger partial charge in [0.05, 0.1) is 27.9 Å². The van der Waals surface area contributed by atoms with Crippen molar-refractivity contribution in [2.75, 3.05) is 0 Å². The van der Waals surface area contributed by atoms with Gasteiger partial charge in [-0.05, 0) is 64.6 Å². The molecule has 1 N–H and O–H groups in total. The van der Waals surface area contributed by atoms with Gasteiger partial charge in [0.1, 0.15) is 17.6 Å². The molecule has 0 aliphatic rings. The average molecular weight is 597 g/mol. The first-order chi connectivity index (χ1) is 22.3. The summed E-state index contributed by atoms with van der Waals surface area (Å²) in [6.45, 7) is 6.50. The average Bonchev–Trinajstić information content (AvgIpc) is 3.48. The summed E-state index contributed by atoms with van der Waals surface area (Å²) in [5, 5.41) is 20.9. The molecule has 222 valence electrons. The number of phenolic OH excluding ortho intramolecular Hbond substituents is 1. The zero-order valence-electron chi connectivity index (χ0n) is 25.9. The van der Waals surface area contributed by atoms with E-state index in [9.17, 15) is 10.4 Å². The van der Waals surface area contributed by atoms with Gasteiger partial charge in [0.15, 0.2) is 0 Å². The molecule has 46 heavy (non-hydrogen) atoms. The molecule has 7 rings (SSSR count). The van der Waals surface area contributed by atoms with Crippen LogP contribution in [0.1, 0.15) is 31.9 Å². The highest BCUT2D eigenvalue weighted by Gasteiger charge is 2.22. The molecular weight excluding hydrogens is 564 g/mol. The Balaban J connectivity index is 1.41. The summed E-state index contributed by atoms with van der Waals surface area (Å²) >= 11 is 0. The van der Waals surface area contributed by atoms with E-state index in [-0.39, 0.29) is 11.2 Å². The smallest absolute Gasteiger partial charge is 0.149 e. The van der Waals surface area contributed by atoms with Crippen LogP contribution in [-0.4, -0.2) is 19.6 Å². The molecule has 2 heterocycles. The molecular formula is C41H32N4O. The lowest BCUT2D eigenvalue weighted by atomic mass is 9.86. The number of phenols is 1. The molecule has 0 spiro atoms. The first kappa shape index (κ1) is 28.8. The van der Waals surface area contributed by atoms with Crippen LogP contribution < -0.4 is 0 Å². The fourth-order valence-corrected chi connectivity index (χ4v) is 5.94. The van der Waals surface area contributed by atoms with Gasteiger partial charge in [-0.15, -0.1) is 0 Å². The van der Waals surface area contributed by atoms with Crippen molar-refractivity contribution in [3.8, 4) is 62.4 Å². The Hall–Kier alpha value is -5.99. The van der Waals surface area contributed by atoms with Gasteiger partial charge >= 0.3 is 0 Å². The molecule has 0 bridgehead atoms. The minimum Gasteiger partial charge on any atom is -0.507 e. The molecule has 0 saturated heterocycles. The quantitative estimate of drug-likeness (QED) is 0.215. The van der Waals surface area contributed by atoms with Crippen molar-refractivity contribution >= 4 is 11.0 Å². The van der Waals surface area contributed by atoms with Crippen molar-refractivity contribution in [2.24, 2.45) is 0 Å². The van der Waals surface area contributed by atoms with Crippen molar-refractivity contribution in [3.63, 3.8) is 0 Å². The van der Waals surface area contributed by atoms with Crippen LogP contribution in [0, 0.1) is 11.3 Å². The van der Waals surface area contributed by atoms with E-state index in [1.165, 1.54) is 0 Å². The fourth-order valence-electron chi connectivity index (χ4n) is 5.94. The van der Waals surface area contributed by atoms with Crippen molar-refractivity contribution in [2.45, 2.75) is 26.2 Å². The van der Waals surface area contributed by atoms with Gasteiger partial charge < -0.3 is 5.11 Å². The minimum atomic E-state index is -0.0997. The molecule has 7 aromatic rings. The predicted octanol–water partition coefficient (Wildman–Crippen LogP) is 9.96. The third-order valence-corrected chi connectivity index (χ3v) is 8.38. The lowest BCUT2D eigenvalue weighted by Crippen LogP contribution is -2.11. The number of hydrogen-bond acceptors (Lipinski definition) is 4. The third-order valence-electron chi connectivity index (χ3n) is 8.38. The fraction of sp³-hybridized carbons (Fsp3) is 0.0976. The molecule has 0 radical (unpaired) electrons. The Morgan fingerprint density at radius 2 is 1.37 bits per heavy atom. The van der Waals surface area contributed by atoms with E-state index in [1.54, 1.807) is 12.3 Å². The lowest BCUT2D eigenvalue weighted by molar-refractivity contribution is 0.475. The number of aromatic nitrogens is 3. The van der Waals surface area contributed by atoms with Gasteiger partial charge in [-0.3, -0.25) is 9.55 Å². The van der Waals surface area contributed by atoms with Gasteiger partial charge in [-0.2, -0.15) is 5.26 Å². The molecule has 0 aliphatic carbocycles. The Kier molecular flexibility index (Phi) is 7.19. The van der Waals surface area contributed by atoms with Gasteiger partial charge in [0.2, 0.25) is 0 Å². The first-order valence-electron chi connectivity index (χ1n) is 15.3. The van der Waals surface area contributed by atoms with Crippen LogP contribution in [0.25, 0.3) is 61.6 Å². The van der Waals surface area contributed by atoms with Crippen molar-refractivity contribution in [3.05, 3.63) is 145 Å². The highest BCUT2D eigenvalue weighted by atomic mass is 16.3. The summed E-state index contributed by atoms with van der Waals surface area (Å²) in [4.78, 5) is 9.92. The Morgan fingerprint density at radius 1 is 0.674 bits per heavy atom. The highest BCUT2D eigenvalue weighted by molar-refractivity contribution is 5.96. The number of fused-ring (bicyclic) bond motifs is 1. The lowest BCUT2D eigenvalue weighted by Gasteiger charge is -2.20. The van der Waals surface area contributed by atoms with Gasteiger partial charge in [-0.1, -0.05) is 106 Å². The Labute approximate surface area is 268 Å². The molecule has 5 aromatic carbocycles. The maximum absolute atomic E-state index is 11.2. The number of rotatable bonds is 5. The first-order valence-corrected chi connectivity index (χ1v) is 15.3. The molecule has 0 unspecified atom stereocenters. The zero-order valence-corrected chi connectivity index (χ0v) is 25.9. The predicted molar refractivity (Wildman–Crippen MR) is 186 cm³/mol. The highest BCUT2D eigenvalue weighted by Crippen LogP contribution is 2.40. The maximum atomic E-state index is 11.2. The van der Waals surface area contributed by atoms with E-state index in [4.69, 9.17) is 4.98 Å². The van der Waals surface area contributed by atoms with Crippen molar-refractivity contribution in [1.29, 1.82) is 5.26 Å². The molecule has 0 amide bonds. The number of imidazole rings is 1. The number of nitrogens with zero attached hydrogens (tertiary/aromatic N) is 4. The van der Waals surface area contributed by atoms with Crippen LogP contribution in [0.4, 0.5) is 0 Å². The number of benzene rings is 5. The third kappa shape index (κ3) is 5.21. The topological polar surface area (TPSA) is 74.7 Å². The molecule has 5 heteroatoms. The second-order valence-corrected chi connectivity index (χ2v) is 12.4. The molecule has 0 atom stereocenters. The van der Waals surface area contributed by atoms with Gasteiger partial charge in [0, 0.05) is 28.6 Å². The standard InChI is InChI=1S/C41H32N4O/c1-41(2,3)31-20-21-38(46)35(23-31)40-44-39-33(18-11-19-37(39)45(40)32-16-8-5-9-17-32)28-14-10-15-29(22-28)36-24-34(30(25-42)26-43-36)27-12-6-4-7-13-27/h4-24,26,46H,1-3H3. The summed E-state index contributed by atoms with van der Waals surface area (Å²) in [5.74, 6) is 0.861. The molecule has 5 nitrogen and oxygen atoms in total. The number of para-hydroxylation sites is 2. The van der Waals surface area contributed by atoms with Crippen molar-refractivity contribution < 1.29 is 5.11 Å². The number of pyridine rings is 1. The van der Waals surface area contributed by atoms with E-state index < -0.39 is 0 Å². The number of nitriles is 1. The zero-order chi connectivity index (χ0) is 31.8. The van der Waals surface area contributed by atoms with Gasteiger partial charge in [-0.25, -0.2) is 4.98 Å². The van der Waals surface area contributed by atoms with Crippen molar-refractivity contribution in [1.82, 2.24) is 14.5 Å². The number of hydrogen-bond donors (Lipinski definition) is 1. The van der Waals surface area contributed by atoms with E-state index >= 15 is 0 Å². The van der Waals surface area contributed by atoms with Crippen LogP contribution >= 0.6 is 0 Å². The van der Waals surface area contributed by atoms with Crippen LogP contribution in [-0.2, 0) is 5.41 Å². The van der Waals surface area contributed by atoms with Crippen LogP contribution in [0.2, 0.25) is 0 Å². The second kappa shape index (κ2) is 11.5. The maximum Gasteiger partial charge on any atom is 0.149 e. The molecule has 0 saturated carbocycles. The van der Waals surface area contributed by atoms with Crippen LogP contribution in [0.3, 0.4) is 0 Å². The largest absolute Gasteiger partial charge is 0.507 e. The minimum absolute atomic E-state index is 0.0997. The summed E-state index contributed by atoms with van der Waals surface area (Å²) in [6.07, 6.45) is 1.65. The van der Waals surface area contributed by atoms with E-state index in [0.29, 0.717) is 17.0 Å². The van der Waals surface area contributed by atoms with Crippen LogP contribution in [0.15, 0.2) is 134 Å². The summed E-state index contributed by atoms with van der Waals surface area (Å²) in [5.41, 5.74) is 10.5. The molecule has 0 aliphatic heterocycles. The van der Waals surface area contributed by atoms with Gasteiger partial charge in [0.25, 0.3) is 0 Å². The molecule has 0 fully saturated rings. The van der Waals surface area contributed by atoms with Crippen LogP contribution in [0.5, 0.6) is 5.75 Å². The second-order valence-electron chi connectivity index (χ2n) is 12.4. The SMILES string of the molecule is CC(C)(C)c1ccc(O)c(-c2nc3c(-c4cccc(-c5cc(-c6ccccc6)c(C#N)cn5)c4)cccc3n2-c2ccccc2)c1.